The van der Waals surface area contributed by atoms with Gasteiger partial charge >= 0.3 is 5.97 Å². The van der Waals surface area contributed by atoms with E-state index in [1.54, 1.807) is 0 Å². The molecule has 0 aromatic rings. The summed E-state index contributed by atoms with van der Waals surface area (Å²) in [6.45, 7) is 9.84. The fourth-order valence-electron chi connectivity index (χ4n) is 2.84. The molecule has 1 aliphatic carbocycles. The largest absolute Gasteiger partial charge is 0.460 e. The van der Waals surface area contributed by atoms with E-state index in [4.69, 9.17) is 4.74 Å². The molecular weight excluding hydrogens is 238 g/mol. The topological polar surface area (TPSA) is 38.3 Å². The van der Waals surface area contributed by atoms with Crippen LogP contribution in [0.3, 0.4) is 0 Å². The molecule has 1 N–H and O–H groups in total. The molecule has 3 heteroatoms. The zero-order valence-electron chi connectivity index (χ0n) is 13.1. The summed E-state index contributed by atoms with van der Waals surface area (Å²) in [7, 11) is 0. The SMILES string of the molecule is CC1CCCC(CCNCCC(=O)OC(C)(C)C)C1. The van der Waals surface area contributed by atoms with E-state index in [1.165, 1.54) is 32.1 Å². The summed E-state index contributed by atoms with van der Waals surface area (Å²) in [5.74, 6) is 1.68. The van der Waals surface area contributed by atoms with Crippen molar-refractivity contribution in [2.45, 2.75) is 71.8 Å². The Bertz CT molecular complexity index is 270. The van der Waals surface area contributed by atoms with Gasteiger partial charge in [-0.2, -0.15) is 0 Å². The van der Waals surface area contributed by atoms with Crippen LogP contribution in [0.2, 0.25) is 0 Å². The van der Waals surface area contributed by atoms with Crippen molar-refractivity contribution in [2.24, 2.45) is 11.8 Å². The van der Waals surface area contributed by atoms with Crippen molar-refractivity contribution in [3.8, 4) is 0 Å². The van der Waals surface area contributed by atoms with Crippen molar-refractivity contribution in [1.82, 2.24) is 5.32 Å². The number of esters is 1. The van der Waals surface area contributed by atoms with Gasteiger partial charge in [0.05, 0.1) is 6.42 Å². The predicted octanol–water partition coefficient (Wildman–Crippen LogP) is 3.52. The van der Waals surface area contributed by atoms with Gasteiger partial charge in [0, 0.05) is 6.54 Å². The van der Waals surface area contributed by atoms with Crippen LogP contribution in [0.25, 0.3) is 0 Å². The van der Waals surface area contributed by atoms with Gasteiger partial charge in [0.25, 0.3) is 0 Å². The van der Waals surface area contributed by atoms with E-state index >= 15 is 0 Å². The van der Waals surface area contributed by atoms with Crippen LogP contribution in [0.5, 0.6) is 0 Å². The number of carbonyl (C=O) groups excluding carboxylic acids is 1. The second-order valence-corrected chi connectivity index (χ2v) is 7.01. The minimum Gasteiger partial charge on any atom is -0.460 e. The molecule has 0 radical (unpaired) electrons. The van der Waals surface area contributed by atoms with Crippen molar-refractivity contribution in [2.75, 3.05) is 13.1 Å². The third kappa shape index (κ3) is 8.25. The molecule has 1 aliphatic rings. The van der Waals surface area contributed by atoms with Crippen LogP contribution >= 0.6 is 0 Å². The molecule has 1 rings (SSSR count). The van der Waals surface area contributed by atoms with Gasteiger partial charge < -0.3 is 10.1 Å². The molecule has 0 heterocycles. The van der Waals surface area contributed by atoms with E-state index < -0.39 is 0 Å². The minimum atomic E-state index is -0.366. The first-order valence-corrected chi connectivity index (χ1v) is 7.79. The summed E-state index contributed by atoms with van der Waals surface area (Å²) in [5.41, 5.74) is -0.366. The molecule has 0 spiro atoms. The van der Waals surface area contributed by atoms with Gasteiger partial charge in [-0.3, -0.25) is 4.79 Å². The van der Waals surface area contributed by atoms with Crippen LogP contribution in [0.4, 0.5) is 0 Å². The van der Waals surface area contributed by atoms with Crippen molar-refractivity contribution in [3.05, 3.63) is 0 Å². The second kappa shape index (κ2) is 7.88. The summed E-state index contributed by atoms with van der Waals surface area (Å²) in [4.78, 5) is 11.5. The van der Waals surface area contributed by atoms with Gasteiger partial charge in [0.15, 0.2) is 0 Å². The molecule has 1 saturated carbocycles. The molecule has 19 heavy (non-hydrogen) atoms. The Morgan fingerprint density at radius 2 is 2.00 bits per heavy atom. The van der Waals surface area contributed by atoms with Gasteiger partial charge in [0.2, 0.25) is 0 Å². The quantitative estimate of drug-likeness (QED) is 0.592. The van der Waals surface area contributed by atoms with Crippen molar-refractivity contribution in [1.29, 1.82) is 0 Å². The van der Waals surface area contributed by atoms with E-state index in [0.717, 1.165) is 24.9 Å². The molecule has 2 unspecified atom stereocenters. The fraction of sp³-hybridized carbons (Fsp3) is 0.938. The Morgan fingerprint density at radius 3 is 2.63 bits per heavy atom. The molecule has 0 amide bonds. The van der Waals surface area contributed by atoms with Crippen LogP contribution in [-0.4, -0.2) is 24.7 Å². The monoisotopic (exact) mass is 269 g/mol. The van der Waals surface area contributed by atoms with Gasteiger partial charge in [0.1, 0.15) is 5.60 Å². The molecule has 0 aromatic carbocycles. The van der Waals surface area contributed by atoms with Crippen LogP contribution in [-0.2, 0) is 9.53 Å². The molecule has 3 nitrogen and oxygen atoms in total. The van der Waals surface area contributed by atoms with Crippen molar-refractivity contribution >= 4 is 5.97 Å². The zero-order valence-corrected chi connectivity index (χ0v) is 13.1. The summed E-state index contributed by atoms with van der Waals surface area (Å²) < 4.78 is 5.27. The average molecular weight is 269 g/mol. The maximum Gasteiger partial charge on any atom is 0.307 e. The van der Waals surface area contributed by atoms with Gasteiger partial charge in [-0.05, 0) is 52.0 Å². The lowest BCUT2D eigenvalue weighted by atomic mass is 9.81. The predicted molar refractivity (Wildman–Crippen MR) is 79.1 cm³/mol. The van der Waals surface area contributed by atoms with Crippen LogP contribution < -0.4 is 5.32 Å². The van der Waals surface area contributed by atoms with Crippen LogP contribution in [0.15, 0.2) is 0 Å². The van der Waals surface area contributed by atoms with E-state index in [2.05, 4.69) is 12.2 Å². The third-order valence-electron chi connectivity index (χ3n) is 3.70. The molecular formula is C16H31NO2. The maximum absolute atomic E-state index is 11.5. The maximum atomic E-state index is 11.5. The Kier molecular flexibility index (Phi) is 6.84. The second-order valence-electron chi connectivity index (χ2n) is 7.01. The first-order chi connectivity index (χ1) is 8.87. The number of ether oxygens (including phenoxy) is 1. The Labute approximate surface area is 118 Å². The van der Waals surface area contributed by atoms with Gasteiger partial charge in [-0.25, -0.2) is 0 Å². The summed E-state index contributed by atoms with van der Waals surface area (Å²) in [6, 6.07) is 0. The van der Waals surface area contributed by atoms with E-state index in [9.17, 15) is 4.79 Å². The number of hydrogen-bond acceptors (Lipinski definition) is 3. The number of nitrogens with one attached hydrogen (secondary N) is 1. The molecule has 2 atom stereocenters. The molecule has 0 aromatic heterocycles. The van der Waals surface area contributed by atoms with Crippen LogP contribution in [0.1, 0.15) is 66.2 Å². The van der Waals surface area contributed by atoms with E-state index in [0.29, 0.717) is 6.42 Å². The first kappa shape index (κ1) is 16.5. The molecule has 112 valence electrons. The summed E-state index contributed by atoms with van der Waals surface area (Å²) >= 11 is 0. The normalized spacial score (nSPS) is 24.2. The van der Waals surface area contributed by atoms with Crippen molar-refractivity contribution < 1.29 is 9.53 Å². The third-order valence-corrected chi connectivity index (χ3v) is 3.70. The summed E-state index contributed by atoms with van der Waals surface area (Å²) in [6.07, 6.45) is 7.29. The Balaban J connectivity index is 2.00. The highest BCUT2D eigenvalue weighted by Gasteiger charge is 2.18. The number of carbonyl (C=O) groups is 1. The minimum absolute atomic E-state index is 0.105. The molecule has 0 bridgehead atoms. The van der Waals surface area contributed by atoms with Crippen LogP contribution in [0, 0.1) is 11.8 Å². The van der Waals surface area contributed by atoms with E-state index in [-0.39, 0.29) is 11.6 Å². The zero-order chi connectivity index (χ0) is 14.3. The van der Waals surface area contributed by atoms with Crippen molar-refractivity contribution in [3.63, 3.8) is 0 Å². The van der Waals surface area contributed by atoms with E-state index in [1.807, 2.05) is 20.8 Å². The standard InChI is InChI=1S/C16H31NO2/c1-13-6-5-7-14(12-13)8-10-17-11-9-15(18)19-16(2,3)4/h13-14,17H,5-12H2,1-4H3. The molecule has 1 fully saturated rings. The average Bonchev–Trinajstić information content (AvgIpc) is 2.26. The highest BCUT2D eigenvalue weighted by atomic mass is 16.6. The lowest BCUT2D eigenvalue weighted by molar-refractivity contribution is -0.154. The Morgan fingerprint density at radius 1 is 1.26 bits per heavy atom. The lowest BCUT2D eigenvalue weighted by Crippen LogP contribution is -2.27. The smallest absolute Gasteiger partial charge is 0.307 e. The van der Waals surface area contributed by atoms with Gasteiger partial charge in [-0.15, -0.1) is 0 Å². The number of rotatable bonds is 6. The first-order valence-electron chi connectivity index (χ1n) is 7.79. The number of hydrogen-bond donors (Lipinski definition) is 1. The molecule has 0 saturated heterocycles. The summed E-state index contributed by atoms with van der Waals surface area (Å²) in [5, 5.41) is 3.36. The highest BCUT2D eigenvalue weighted by Crippen LogP contribution is 2.30. The molecule has 0 aliphatic heterocycles. The fourth-order valence-corrected chi connectivity index (χ4v) is 2.84. The Hall–Kier alpha value is -0.570. The highest BCUT2D eigenvalue weighted by molar-refractivity contribution is 5.70. The van der Waals surface area contributed by atoms with Gasteiger partial charge in [-0.1, -0.05) is 26.2 Å². The lowest BCUT2D eigenvalue weighted by Gasteiger charge is -2.26.